The molecule has 0 bridgehead atoms. The van der Waals surface area contributed by atoms with Crippen LogP contribution in [0, 0.1) is 17.3 Å². The minimum absolute atomic E-state index is 0. The normalized spacial score (nSPS) is 24.9. The van der Waals surface area contributed by atoms with Gasteiger partial charge in [-0.2, -0.15) is 0 Å². The summed E-state index contributed by atoms with van der Waals surface area (Å²) in [6, 6.07) is -0.463. The van der Waals surface area contributed by atoms with Gasteiger partial charge in [0, 0.05) is 19.1 Å². The summed E-state index contributed by atoms with van der Waals surface area (Å²) in [6.45, 7) is 11.8. The van der Waals surface area contributed by atoms with Gasteiger partial charge in [-0.15, -0.1) is 12.4 Å². The summed E-state index contributed by atoms with van der Waals surface area (Å²) < 4.78 is 5.83. The van der Waals surface area contributed by atoms with Crippen LogP contribution in [-0.4, -0.2) is 31.2 Å². The van der Waals surface area contributed by atoms with Crippen molar-refractivity contribution in [2.24, 2.45) is 23.0 Å². The number of rotatable bonds is 4. The molecule has 2 unspecified atom stereocenters. The molecular weight excluding hydrogens is 276 g/mol. The lowest BCUT2D eigenvalue weighted by atomic mass is 9.85. The van der Waals surface area contributed by atoms with Crippen LogP contribution >= 0.6 is 12.4 Å². The molecule has 4 nitrogen and oxygen atoms in total. The average molecular weight is 307 g/mol. The Kier molecular flexibility index (Phi) is 8.07. The van der Waals surface area contributed by atoms with Gasteiger partial charge in [-0.05, 0) is 24.2 Å². The Morgan fingerprint density at radius 2 is 2.00 bits per heavy atom. The first-order chi connectivity index (χ1) is 8.73. The summed E-state index contributed by atoms with van der Waals surface area (Å²) in [5.41, 5.74) is 5.76. The molecule has 0 aromatic rings. The van der Waals surface area contributed by atoms with Gasteiger partial charge in [0.05, 0.1) is 12.1 Å². The maximum Gasteiger partial charge on any atom is 0.237 e. The number of amides is 1. The van der Waals surface area contributed by atoms with E-state index in [-0.39, 0.29) is 29.8 Å². The molecule has 0 radical (unpaired) electrons. The molecule has 3 N–H and O–H groups in total. The van der Waals surface area contributed by atoms with Crippen molar-refractivity contribution in [2.45, 2.75) is 59.6 Å². The lowest BCUT2D eigenvalue weighted by Crippen LogP contribution is -2.51. The number of ether oxygens (including phenoxy) is 1. The van der Waals surface area contributed by atoms with Crippen LogP contribution in [-0.2, 0) is 9.53 Å². The highest BCUT2D eigenvalue weighted by molar-refractivity contribution is 5.85. The summed E-state index contributed by atoms with van der Waals surface area (Å²) >= 11 is 0. The first-order valence-corrected chi connectivity index (χ1v) is 7.38. The Bertz CT molecular complexity index is 303. The van der Waals surface area contributed by atoms with Crippen LogP contribution in [0.25, 0.3) is 0 Å². The van der Waals surface area contributed by atoms with Gasteiger partial charge in [-0.3, -0.25) is 4.79 Å². The average Bonchev–Trinajstić information content (AvgIpc) is 2.34. The SMILES string of the molecule is CC(C)C1OCCCC1CNC(=O)[C@@H](N)C(C)(C)C.Cl. The summed E-state index contributed by atoms with van der Waals surface area (Å²) in [4.78, 5) is 12.0. The molecule has 0 aliphatic carbocycles. The molecule has 1 aliphatic rings. The lowest BCUT2D eigenvalue weighted by Gasteiger charge is -2.35. The molecule has 120 valence electrons. The summed E-state index contributed by atoms with van der Waals surface area (Å²) in [6.07, 6.45) is 2.45. The summed E-state index contributed by atoms with van der Waals surface area (Å²) in [7, 11) is 0. The molecule has 1 saturated heterocycles. The fourth-order valence-corrected chi connectivity index (χ4v) is 2.56. The van der Waals surface area contributed by atoms with E-state index in [0.29, 0.717) is 18.4 Å². The summed E-state index contributed by atoms with van der Waals surface area (Å²) in [5.74, 6) is 0.837. The topological polar surface area (TPSA) is 64.3 Å². The van der Waals surface area contributed by atoms with E-state index < -0.39 is 6.04 Å². The zero-order valence-electron chi connectivity index (χ0n) is 13.4. The quantitative estimate of drug-likeness (QED) is 0.838. The Balaban J connectivity index is 0.00000361. The second-order valence-electron chi connectivity index (χ2n) is 7.07. The van der Waals surface area contributed by atoms with Crippen molar-refractivity contribution in [2.75, 3.05) is 13.2 Å². The molecule has 1 heterocycles. The van der Waals surface area contributed by atoms with E-state index in [1.807, 2.05) is 20.8 Å². The van der Waals surface area contributed by atoms with Crippen LogP contribution in [0.1, 0.15) is 47.5 Å². The number of nitrogens with one attached hydrogen (secondary N) is 1. The number of nitrogens with two attached hydrogens (primary N) is 1. The van der Waals surface area contributed by atoms with Crippen LogP contribution < -0.4 is 11.1 Å². The second kappa shape index (κ2) is 8.20. The largest absolute Gasteiger partial charge is 0.378 e. The van der Waals surface area contributed by atoms with Gasteiger partial charge >= 0.3 is 0 Å². The minimum atomic E-state index is -0.463. The molecule has 0 aromatic heterocycles. The van der Waals surface area contributed by atoms with Crippen molar-refractivity contribution in [1.29, 1.82) is 0 Å². The Morgan fingerprint density at radius 1 is 1.40 bits per heavy atom. The highest BCUT2D eigenvalue weighted by Crippen LogP contribution is 2.26. The molecular formula is C15H31ClN2O2. The number of hydrogen-bond donors (Lipinski definition) is 2. The Labute approximate surface area is 129 Å². The fourth-order valence-electron chi connectivity index (χ4n) is 2.56. The van der Waals surface area contributed by atoms with Crippen LogP contribution in [0.3, 0.4) is 0 Å². The van der Waals surface area contributed by atoms with Gasteiger partial charge < -0.3 is 15.8 Å². The monoisotopic (exact) mass is 306 g/mol. The van der Waals surface area contributed by atoms with Crippen molar-refractivity contribution in [1.82, 2.24) is 5.32 Å². The van der Waals surface area contributed by atoms with Gasteiger partial charge in [-0.1, -0.05) is 34.6 Å². The van der Waals surface area contributed by atoms with Crippen LogP contribution in [0.5, 0.6) is 0 Å². The third-order valence-electron chi connectivity index (χ3n) is 3.91. The third-order valence-corrected chi connectivity index (χ3v) is 3.91. The molecule has 1 aliphatic heterocycles. The number of hydrogen-bond acceptors (Lipinski definition) is 3. The zero-order chi connectivity index (χ0) is 14.6. The number of halogens is 1. The van der Waals surface area contributed by atoms with E-state index in [2.05, 4.69) is 19.2 Å². The van der Waals surface area contributed by atoms with Crippen molar-refractivity contribution < 1.29 is 9.53 Å². The van der Waals surface area contributed by atoms with E-state index in [4.69, 9.17) is 10.5 Å². The Morgan fingerprint density at radius 3 is 2.50 bits per heavy atom. The molecule has 3 atom stereocenters. The maximum atomic E-state index is 12.0. The molecule has 0 spiro atoms. The smallest absolute Gasteiger partial charge is 0.237 e. The van der Waals surface area contributed by atoms with Gasteiger partial charge in [0.25, 0.3) is 0 Å². The summed E-state index contributed by atoms with van der Waals surface area (Å²) in [5, 5.41) is 3.00. The molecule has 0 aromatic carbocycles. The zero-order valence-corrected chi connectivity index (χ0v) is 14.3. The van der Waals surface area contributed by atoms with Gasteiger partial charge in [0.1, 0.15) is 0 Å². The highest BCUT2D eigenvalue weighted by atomic mass is 35.5. The third kappa shape index (κ3) is 5.58. The van der Waals surface area contributed by atoms with Crippen LogP contribution in [0.15, 0.2) is 0 Å². The van der Waals surface area contributed by atoms with Crippen molar-refractivity contribution in [3.8, 4) is 0 Å². The van der Waals surface area contributed by atoms with E-state index in [1.165, 1.54) is 0 Å². The predicted molar refractivity (Wildman–Crippen MR) is 85.0 cm³/mol. The van der Waals surface area contributed by atoms with Crippen molar-refractivity contribution >= 4 is 18.3 Å². The maximum absolute atomic E-state index is 12.0. The molecule has 0 saturated carbocycles. The fraction of sp³-hybridized carbons (Fsp3) is 0.933. The van der Waals surface area contributed by atoms with Gasteiger partial charge in [0.2, 0.25) is 5.91 Å². The van der Waals surface area contributed by atoms with Crippen molar-refractivity contribution in [3.05, 3.63) is 0 Å². The molecule has 5 heteroatoms. The first kappa shape index (κ1) is 19.7. The van der Waals surface area contributed by atoms with Crippen LogP contribution in [0.2, 0.25) is 0 Å². The Hall–Kier alpha value is -0.320. The predicted octanol–water partition coefficient (Wildman–Crippen LogP) is 2.35. The minimum Gasteiger partial charge on any atom is -0.378 e. The van der Waals surface area contributed by atoms with E-state index >= 15 is 0 Å². The number of carbonyl (C=O) groups is 1. The van der Waals surface area contributed by atoms with Gasteiger partial charge in [0.15, 0.2) is 0 Å². The van der Waals surface area contributed by atoms with Crippen LogP contribution in [0.4, 0.5) is 0 Å². The number of carbonyl (C=O) groups excluding carboxylic acids is 1. The molecule has 20 heavy (non-hydrogen) atoms. The van der Waals surface area contributed by atoms with Gasteiger partial charge in [-0.25, -0.2) is 0 Å². The molecule has 1 rings (SSSR count). The standard InChI is InChI=1S/C15H30N2O2.ClH/c1-10(2)12-11(7-6-8-19-12)9-17-14(18)13(16)15(3,4)5;/h10-13H,6-9,16H2,1-5H3,(H,17,18);1H/t11?,12?,13-;/m1./s1. The lowest BCUT2D eigenvalue weighted by molar-refractivity contribution is -0.125. The molecule has 1 fully saturated rings. The van der Waals surface area contributed by atoms with E-state index in [0.717, 1.165) is 19.4 Å². The van der Waals surface area contributed by atoms with E-state index in [9.17, 15) is 4.79 Å². The molecule has 1 amide bonds. The highest BCUT2D eigenvalue weighted by Gasteiger charge is 2.31. The first-order valence-electron chi connectivity index (χ1n) is 7.38. The van der Waals surface area contributed by atoms with E-state index in [1.54, 1.807) is 0 Å². The second-order valence-corrected chi connectivity index (χ2v) is 7.07. The van der Waals surface area contributed by atoms with Crippen molar-refractivity contribution in [3.63, 3.8) is 0 Å².